The largest absolute Gasteiger partial charge is 0.349 e. The van der Waals surface area contributed by atoms with Gasteiger partial charge in [0.05, 0.1) is 0 Å². The Kier molecular flexibility index (Phi) is 7.35. The summed E-state index contributed by atoms with van der Waals surface area (Å²) in [6.07, 6.45) is 3.99. The van der Waals surface area contributed by atoms with E-state index in [1.807, 2.05) is 52.0 Å². The molecule has 1 fully saturated rings. The van der Waals surface area contributed by atoms with Crippen LogP contribution in [0, 0.1) is 44.9 Å². The highest BCUT2D eigenvalue weighted by Gasteiger charge is 2.30. The topological polar surface area (TPSA) is 66.1 Å². The molecule has 5 heteroatoms. The summed E-state index contributed by atoms with van der Waals surface area (Å²) in [7, 11) is 0. The molecule has 168 valence electrons. The van der Waals surface area contributed by atoms with Crippen LogP contribution in [-0.4, -0.2) is 34.2 Å². The van der Waals surface area contributed by atoms with Crippen LogP contribution < -0.4 is 0 Å². The Bertz CT molecular complexity index is 1090. The van der Waals surface area contributed by atoms with Gasteiger partial charge in [0.2, 0.25) is 0 Å². The molecule has 1 aromatic heterocycles. The van der Waals surface area contributed by atoms with E-state index in [1.54, 1.807) is 11.0 Å². The van der Waals surface area contributed by atoms with Gasteiger partial charge in [-0.2, -0.15) is 5.26 Å². The Morgan fingerprint density at radius 1 is 1.12 bits per heavy atom. The van der Waals surface area contributed by atoms with Gasteiger partial charge in [0.25, 0.3) is 5.91 Å². The molecule has 5 nitrogen and oxygen atoms in total. The van der Waals surface area contributed by atoms with Crippen molar-refractivity contribution in [3.63, 3.8) is 0 Å². The zero-order chi connectivity index (χ0) is 23.4. The molecule has 0 bridgehead atoms. The maximum absolute atomic E-state index is 13.0. The van der Waals surface area contributed by atoms with Crippen molar-refractivity contribution in [3.8, 4) is 6.07 Å². The van der Waals surface area contributed by atoms with Gasteiger partial charge in [-0.05, 0) is 70.2 Å². The molecule has 0 saturated carbocycles. The number of rotatable bonds is 6. The third kappa shape index (κ3) is 4.85. The van der Waals surface area contributed by atoms with Crippen LogP contribution in [0.25, 0.3) is 6.08 Å². The Morgan fingerprint density at radius 3 is 2.41 bits per heavy atom. The molecule has 2 aromatic rings. The van der Waals surface area contributed by atoms with Crippen molar-refractivity contribution in [2.24, 2.45) is 5.92 Å². The molecule has 1 aliphatic rings. The minimum Gasteiger partial charge on any atom is -0.349 e. The van der Waals surface area contributed by atoms with E-state index in [9.17, 15) is 14.9 Å². The molecule has 1 aliphatic heterocycles. The number of hydrogen-bond acceptors (Lipinski definition) is 3. The number of piperidine rings is 1. The second-order valence-electron chi connectivity index (χ2n) is 8.90. The predicted octanol–water partition coefficient (Wildman–Crippen LogP) is 5.16. The van der Waals surface area contributed by atoms with E-state index < -0.39 is 0 Å². The first-order valence-electron chi connectivity index (χ1n) is 11.5. The Balaban J connectivity index is 1.70. The minimum absolute atomic E-state index is 0.0806. The van der Waals surface area contributed by atoms with Gasteiger partial charge in [-0.15, -0.1) is 0 Å². The Hall–Kier alpha value is -3.13. The molecule has 0 spiro atoms. The molecule has 3 rings (SSSR count). The number of ketones is 1. The van der Waals surface area contributed by atoms with E-state index in [1.165, 1.54) is 0 Å². The second kappa shape index (κ2) is 9.99. The van der Waals surface area contributed by atoms with Gasteiger partial charge in [-0.25, -0.2) is 0 Å². The highest BCUT2D eigenvalue weighted by atomic mass is 16.2. The molecule has 0 radical (unpaired) electrons. The van der Waals surface area contributed by atoms with Gasteiger partial charge in [-0.1, -0.05) is 30.7 Å². The molecule has 1 aromatic carbocycles. The third-order valence-electron chi connectivity index (χ3n) is 6.51. The number of carbonyl (C=O) groups excluding carboxylic acids is 2. The number of aromatic nitrogens is 1. The molecule has 32 heavy (non-hydrogen) atoms. The summed E-state index contributed by atoms with van der Waals surface area (Å²) < 4.78 is 2.22. The van der Waals surface area contributed by atoms with Crippen LogP contribution in [-0.2, 0) is 11.3 Å². The van der Waals surface area contributed by atoms with E-state index in [0.29, 0.717) is 25.9 Å². The normalized spacial score (nSPS) is 15.0. The molecular weight excluding hydrogens is 398 g/mol. The van der Waals surface area contributed by atoms with Crippen molar-refractivity contribution < 1.29 is 9.59 Å². The molecule has 0 N–H and O–H groups in total. The van der Waals surface area contributed by atoms with E-state index in [2.05, 4.69) is 17.6 Å². The van der Waals surface area contributed by atoms with Gasteiger partial charge in [-0.3, -0.25) is 9.59 Å². The lowest BCUT2D eigenvalue weighted by Gasteiger charge is -2.31. The number of hydrogen-bond donors (Lipinski definition) is 0. The van der Waals surface area contributed by atoms with Gasteiger partial charge in [0.1, 0.15) is 11.6 Å². The van der Waals surface area contributed by atoms with Gasteiger partial charge >= 0.3 is 0 Å². The fraction of sp³-hybridized carbons (Fsp3) is 0.444. The number of likely N-dealkylation sites (tertiary alicyclic amines) is 1. The van der Waals surface area contributed by atoms with Gasteiger partial charge < -0.3 is 9.47 Å². The number of nitriles is 1. The average Bonchev–Trinajstić information content (AvgIpc) is 3.04. The van der Waals surface area contributed by atoms with Crippen molar-refractivity contribution in [2.75, 3.05) is 13.1 Å². The third-order valence-corrected chi connectivity index (χ3v) is 6.51. The second-order valence-corrected chi connectivity index (χ2v) is 8.90. The quantitative estimate of drug-likeness (QED) is 0.360. The van der Waals surface area contributed by atoms with Crippen molar-refractivity contribution in [1.29, 1.82) is 5.26 Å². The van der Waals surface area contributed by atoms with Crippen LogP contribution in [0.3, 0.4) is 0 Å². The van der Waals surface area contributed by atoms with Crippen LogP contribution in [0.2, 0.25) is 0 Å². The minimum atomic E-state index is -0.245. The number of nitrogens with zero attached hydrogens (tertiary/aromatic N) is 3. The molecule has 0 unspecified atom stereocenters. The van der Waals surface area contributed by atoms with E-state index >= 15 is 0 Å². The summed E-state index contributed by atoms with van der Waals surface area (Å²) in [5.41, 5.74) is 6.20. The van der Waals surface area contributed by atoms with Crippen molar-refractivity contribution in [1.82, 2.24) is 9.47 Å². The maximum Gasteiger partial charge on any atom is 0.264 e. The average molecular weight is 432 g/mol. The first-order chi connectivity index (χ1) is 15.3. The van der Waals surface area contributed by atoms with Crippen molar-refractivity contribution in [3.05, 3.63) is 63.5 Å². The van der Waals surface area contributed by atoms with Crippen molar-refractivity contribution >= 4 is 17.8 Å². The standard InChI is InChI=1S/C27H33N3O2/c1-6-11-30-20(4)15-23(21(30)5)16-24(17-28)27(32)29-12-9-22(10-13-29)26(31)25-8-7-18(2)14-19(25)3/h7-8,14-16,22H,6,9-13H2,1-5H3/b24-16-. The first kappa shape index (κ1) is 23.5. The fourth-order valence-corrected chi connectivity index (χ4v) is 4.66. The summed E-state index contributed by atoms with van der Waals surface area (Å²) in [6.45, 7) is 12.1. The monoisotopic (exact) mass is 431 g/mol. The predicted molar refractivity (Wildman–Crippen MR) is 127 cm³/mol. The lowest BCUT2D eigenvalue weighted by Crippen LogP contribution is -2.40. The number of Topliss-reactive ketones (excluding diaryl/α,β-unsaturated/α-hetero) is 1. The van der Waals surface area contributed by atoms with Crippen LogP contribution in [0.15, 0.2) is 29.8 Å². The Morgan fingerprint density at radius 2 is 1.81 bits per heavy atom. The first-order valence-corrected chi connectivity index (χ1v) is 11.5. The maximum atomic E-state index is 13.0. The van der Waals surface area contributed by atoms with Crippen molar-refractivity contribution in [2.45, 2.75) is 60.4 Å². The molecule has 2 heterocycles. The van der Waals surface area contributed by atoms with E-state index in [4.69, 9.17) is 0 Å². The van der Waals surface area contributed by atoms with Crippen LogP contribution in [0.1, 0.15) is 64.6 Å². The van der Waals surface area contributed by atoms with E-state index in [-0.39, 0.29) is 23.2 Å². The van der Waals surface area contributed by atoms with Crippen LogP contribution in [0.4, 0.5) is 0 Å². The Labute approximate surface area is 191 Å². The highest BCUT2D eigenvalue weighted by molar-refractivity contribution is 6.02. The van der Waals surface area contributed by atoms with Crippen LogP contribution >= 0.6 is 0 Å². The lowest BCUT2D eigenvalue weighted by atomic mass is 9.87. The van der Waals surface area contributed by atoms with Gasteiger partial charge in [0.15, 0.2) is 5.78 Å². The number of carbonyl (C=O) groups is 2. The van der Waals surface area contributed by atoms with E-state index in [0.717, 1.165) is 46.6 Å². The number of aryl methyl sites for hydroxylation is 3. The van der Waals surface area contributed by atoms with Crippen LogP contribution in [0.5, 0.6) is 0 Å². The summed E-state index contributed by atoms with van der Waals surface area (Å²) in [5.74, 6) is -0.165. The molecular formula is C27H33N3O2. The SMILES string of the molecule is CCCn1c(C)cc(/C=C(/C#N)C(=O)N2CCC(C(=O)c3ccc(C)cc3C)CC2)c1C. The number of amides is 1. The lowest BCUT2D eigenvalue weighted by molar-refractivity contribution is -0.127. The fourth-order valence-electron chi connectivity index (χ4n) is 4.66. The molecule has 0 aliphatic carbocycles. The van der Waals surface area contributed by atoms with Gasteiger partial charge in [0, 0.05) is 42.5 Å². The zero-order valence-corrected chi connectivity index (χ0v) is 19.9. The highest BCUT2D eigenvalue weighted by Crippen LogP contribution is 2.25. The number of benzene rings is 1. The smallest absolute Gasteiger partial charge is 0.264 e. The summed E-state index contributed by atoms with van der Waals surface area (Å²) in [5, 5.41) is 9.67. The summed E-state index contributed by atoms with van der Waals surface area (Å²) >= 11 is 0. The zero-order valence-electron chi connectivity index (χ0n) is 19.9. The summed E-state index contributed by atoms with van der Waals surface area (Å²) in [6, 6.07) is 10.1. The summed E-state index contributed by atoms with van der Waals surface area (Å²) in [4.78, 5) is 27.8. The molecule has 1 amide bonds. The molecule has 1 saturated heterocycles. The molecule has 0 atom stereocenters.